The fourth-order valence-corrected chi connectivity index (χ4v) is 3.19. The van der Waals surface area contributed by atoms with Gasteiger partial charge in [0.2, 0.25) is 0 Å². The molecule has 0 aliphatic carbocycles. The number of methoxy groups -OCH3 is 1. The normalized spacial score (nSPS) is 11.3. The van der Waals surface area contributed by atoms with E-state index in [4.69, 9.17) is 4.74 Å². The molecule has 0 aliphatic rings. The van der Waals surface area contributed by atoms with Crippen LogP contribution in [0.25, 0.3) is 21.7 Å². The summed E-state index contributed by atoms with van der Waals surface area (Å²) in [6.07, 6.45) is -2.73. The molecule has 0 saturated carbocycles. The Morgan fingerprint density at radius 1 is 0.926 bits per heavy atom. The van der Waals surface area contributed by atoms with Crippen LogP contribution in [0.3, 0.4) is 0 Å². The summed E-state index contributed by atoms with van der Waals surface area (Å²) in [5.74, 6) is 0.626. The van der Waals surface area contributed by atoms with E-state index >= 15 is 0 Å². The number of nitrogens with one attached hydrogen (secondary N) is 1. The third-order valence-electron chi connectivity index (χ3n) is 4.47. The molecular formula is C21H17F2N3O. The van der Waals surface area contributed by atoms with Crippen molar-refractivity contribution in [3.63, 3.8) is 0 Å². The molecule has 1 heterocycles. The van der Waals surface area contributed by atoms with Gasteiger partial charge in [-0.15, -0.1) is 0 Å². The lowest BCUT2D eigenvalue weighted by Gasteiger charge is -2.15. The van der Waals surface area contributed by atoms with Crippen LogP contribution in [0.15, 0.2) is 60.7 Å². The maximum Gasteiger partial charge on any atom is 0.297 e. The average molecular weight is 365 g/mol. The van der Waals surface area contributed by atoms with E-state index in [-0.39, 0.29) is 0 Å². The number of halogens is 2. The average Bonchev–Trinajstić information content (AvgIpc) is 2.71. The number of fused-ring (bicyclic) bond motifs is 2. The zero-order chi connectivity index (χ0) is 18.8. The Balaban J connectivity index is 1.77. The third-order valence-corrected chi connectivity index (χ3v) is 4.47. The topological polar surface area (TPSA) is 47.0 Å². The minimum absolute atomic E-state index is 0.380. The summed E-state index contributed by atoms with van der Waals surface area (Å²) in [7, 11) is 1.61. The highest BCUT2D eigenvalue weighted by Gasteiger charge is 2.16. The molecule has 0 saturated heterocycles. The summed E-state index contributed by atoms with van der Waals surface area (Å²) >= 11 is 0. The van der Waals surface area contributed by atoms with Crippen LogP contribution in [-0.4, -0.2) is 17.1 Å². The van der Waals surface area contributed by atoms with Crippen molar-refractivity contribution in [2.75, 3.05) is 12.4 Å². The van der Waals surface area contributed by atoms with E-state index in [1.54, 1.807) is 19.2 Å². The van der Waals surface area contributed by atoms with Gasteiger partial charge in [-0.25, -0.2) is 18.7 Å². The van der Waals surface area contributed by atoms with Crippen LogP contribution in [0.1, 0.15) is 17.8 Å². The van der Waals surface area contributed by atoms with Gasteiger partial charge in [-0.1, -0.05) is 42.5 Å². The summed E-state index contributed by atoms with van der Waals surface area (Å²) < 4.78 is 31.9. The molecule has 0 bridgehead atoms. The standard InChI is InChI=1S/C21H17F2N3O/c1-27-18-11-10-13-6-2-3-7-14(13)16(18)12-24-20-15-8-4-5-9-17(15)25-21(26-20)19(22)23/h2-11,19H,12H2,1H3,(H,24,25,26). The Kier molecular flexibility index (Phi) is 4.54. The number of alkyl halides is 2. The van der Waals surface area contributed by atoms with Gasteiger partial charge in [0.15, 0.2) is 5.82 Å². The molecule has 0 amide bonds. The molecule has 0 unspecified atom stereocenters. The predicted octanol–water partition coefficient (Wildman–Crippen LogP) is 5.34. The van der Waals surface area contributed by atoms with E-state index in [1.165, 1.54) is 0 Å². The van der Waals surface area contributed by atoms with Crippen molar-refractivity contribution >= 4 is 27.5 Å². The van der Waals surface area contributed by atoms with Crippen molar-refractivity contribution in [3.05, 3.63) is 72.1 Å². The fraction of sp³-hybridized carbons (Fsp3) is 0.143. The van der Waals surface area contributed by atoms with Gasteiger partial charge in [0.25, 0.3) is 6.43 Å². The smallest absolute Gasteiger partial charge is 0.297 e. The molecule has 1 aromatic heterocycles. The van der Waals surface area contributed by atoms with Crippen molar-refractivity contribution in [1.82, 2.24) is 9.97 Å². The van der Waals surface area contributed by atoms with Crippen molar-refractivity contribution in [1.29, 1.82) is 0 Å². The van der Waals surface area contributed by atoms with Gasteiger partial charge < -0.3 is 10.1 Å². The van der Waals surface area contributed by atoms with E-state index in [0.717, 1.165) is 22.1 Å². The van der Waals surface area contributed by atoms with E-state index in [9.17, 15) is 8.78 Å². The molecule has 4 rings (SSSR count). The first-order valence-electron chi connectivity index (χ1n) is 8.50. The third kappa shape index (κ3) is 3.26. The Morgan fingerprint density at radius 3 is 2.44 bits per heavy atom. The Bertz CT molecular complexity index is 1110. The molecule has 0 spiro atoms. The number of benzene rings is 3. The molecule has 3 aromatic carbocycles. The van der Waals surface area contributed by atoms with Crippen LogP contribution in [0.4, 0.5) is 14.6 Å². The highest BCUT2D eigenvalue weighted by Crippen LogP contribution is 2.30. The minimum Gasteiger partial charge on any atom is -0.496 e. The van der Waals surface area contributed by atoms with Crippen LogP contribution in [0.2, 0.25) is 0 Å². The molecule has 27 heavy (non-hydrogen) atoms. The molecule has 1 N–H and O–H groups in total. The lowest BCUT2D eigenvalue weighted by atomic mass is 10.0. The molecule has 4 aromatic rings. The summed E-state index contributed by atoms with van der Waals surface area (Å²) in [4.78, 5) is 7.99. The van der Waals surface area contributed by atoms with Gasteiger partial charge in [-0.3, -0.25) is 0 Å². The van der Waals surface area contributed by atoms with Gasteiger partial charge in [-0.05, 0) is 29.0 Å². The number of rotatable bonds is 5. The molecule has 136 valence electrons. The number of aromatic nitrogens is 2. The van der Waals surface area contributed by atoms with E-state index < -0.39 is 12.2 Å². The number of nitrogens with zero attached hydrogens (tertiary/aromatic N) is 2. The van der Waals surface area contributed by atoms with Crippen molar-refractivity contribution in [3.8, 4) is 5.75 Å². The van der Waals surface area contributed by atoms with Crippen LogP contribution in [-0.2, 0) is 6.54 Å². The lowest BCUT2D eigenvalue weighted by Crippen LogP contribution is -2.07. The number of hydrogen-bond acceptors (Lipinski definition) is 4. The quantitative estimate of drug-likeness (QED) is 0.518. The van der Waals surface area contributed by atoms with Crippen molar-refractivity contribution in [2.45, 2.75) is 13.0 Å². The molecule has 0 atom stereocenters. The molecule has 4 nitrogen and oxygen atoms in total. The van der Waals surface area contributed by atoms with Crippen LogP contribution < -0.4 is 10.1 Å². The van der Waals surface area contributed by atoms with Gasteiger partial charge in [0, 0.05) is 17.5 Å². The second-order valence-electron chi connectivity index (χ2n) is 6.07. The SMILES string of the molecule is COc1ccc2ccccc2c1CNc1nc(C(F)F)nc2ccccc12. The maximum absolute atomic E-state index is 13.2. The first-order valence-corrected chi connectivity index (χ1v) is 8.50. The summed E-state index contributed by atoms with van der Waals surface area (Å²) in [5, 5.41) is 6.02. The monoisotopic (exact) mass is 365 g/mol. The second kappa shape index (κ2) is 7.15. The summed E-state index contributed by atoms with van der Waals surface area (Å²) in [5.41, 5.74) is 1.42. The first-order chi connectivity index (χ1) is 13.2. The summed E-state index contributed by atoms with van der Waals surface area (Å²) in [6, 6.07) is 19.0. The van der Waals surface area contributed by atoms with Gasteiger partial charge >= 0.3 is 0 Å². The Labute approximate surface area is 154 Å². The first kappa shape index (κ1) is 17.1. The molecular weight excluding hydrogens is 348 g/mol. The van der Waals surface area contributed by atoms with Gasteiger partial charge in [0.05, 0.1) is 12.6 Å². The number of hydrogen-bond donors (Lipinski definition) is 1. The molecule has 0 fully saturated rings. The molecule has 6 heteroatoms. The highest BCUT2D eigenvalue weighted by molar-refractivity contribution is 5.90. The van der Waals surface area contributed by atoms with Crippen LogP contribution >= 0.6 is 0 Å². The largest absolute Gasteiger partial charge is 0.496 e. The molecule has 0 aliphatic heterocycles. The Hall–Kier alpha value is -3.28. The summed E-state index contributed by atoms with van der Waals surface area (Å²) in [6.45, 7) is 0.383. The van der Waals surface area contributed by atoms with E-state index in [2.05, 4.69) is 15.3 Å². The van der Waals surface area contributed by atoms with Gasteiger partial charge in [0.1, 0.15) is 11.6 Å². The Morgan fingerprint density at radius 2 is 1.67 bits per heavy atom. The van der Waals surface area contributed by atoms with Gasteiger partial charge in [-0.2, -0.15) is 0 Å². The number of anilines is 1. The fourth-order valence-electron chi connectivity index (χ4n) is 3.19. The van der Waals surface area contributed by atoms with Crippen molar-refractivity contribution < 1.29 is 13.5 Å². The second-order valence-corrected chi connectivity index (χ2v) is 6.07. The zero-order valence-corrected chi connectivity index (χ0v) is 14.6. The number of para-hydroxylation sites is 1. The predicted molar refractivity (Wildman–Crippen MR) is 102 cm³/mol. The lowest BCUT2D eigenvalue weighted by molar-refractivity contribution is 0.141. The highest BCUT2D eigenvalue weighted by atomic mass is 19.3. The van der Waals surface area contributed by atoms with E-state index in [1.807, 2.05) is 48.5 Å². The van der Waals surface area contributed by atoms with Crippen LogP contribution in [0, 0.1) is 0 Å². The maximum atomic E-state index is 13.2. The minimum atomic E-state index is -2.73. The van der Waals surface area contributed by atoms with Crippen molar-refractivity contribution in [2.24, 2.45) is 0 Å². The zero-order valence-electron chi connectivity index (χ0n) is 14.6. The number of ether oxygens (including phenoxy) is 1. The van der Waals surface area contributed by atoms with Crippen LogP contribution in [0.5, 0.6) is 5.75 Å². The van der Waals surface area contributed by atoms with E-state index in [0.29, 0.717) is 23.3 Å². The molecule has 0 radical (unpaired) electrons.